The lowest BCUT2D eigenvalue weighted by atomic mass is 9.94. The van der Waals surface area contributed by atoms with Gasteiger partial charge in [-0.2, -0.15) is 0 Å². The first-order valence-electron chi connectivity index (χ1n) is 19.2. The predicted molar refractivity (Wildman–Crippen MR) is 235 cm³/mol. The van der Waals surface area contributed by atoms with Crippen molar-refractivity contribution in [1.82, 2.24) is 15.0 Å². The molecule has 0 amide bonds. The molecule has 266 valence electrons. The second-order valence-electron chi connectivity index (χ2n) is 14.4. The van der Waals surface area contributed by atoms with Crippen LogP contribution in [-0.4, -0.2) is 15.0 Å². The van der Waals surface area contributed by atoms with Gasteiger partial charge < -0.3 is 4.42 Å². The molecule has 0 aliphatic heterocycles. The van der Waals surface area contributed by atoms with Gasteiger partial charge >= 0.3 is 0 Å². The van der Waals surface area contributed by atoms with Crippen LogP contribution < -0.4 is 0 Å². The summed E-state index contributed by atoms with van der Waals surface area (Å²) < 4.78 is 6.51. The molecule has 0 aliphatic rings. The fourth-order valence-electron chi connectivity index (χ4n) is 8.13. The minimum atomic E-state index is 0.626. The summed E-state index contributed by atoms with van der Waals surface area (Å²) in [5, 5.41) is 6.86. The Labute approximate surface area is 329 Å². The van der Waals surface area contributed by atoms with Gasteiger partial charge in [-0.05, 0) is 79.2 Å². The average Bonchev–Trinajstić information content (AvgIpc) is 3.67. The van der Waals surface area contributed by atoms with E-state index >= 15 is 0 Å². The van der Waals surface area contributed by atoms with Gasteiger partial charge in [0.05, 0.1) is 0 Å². The maximum atomic E-state index is 6.51. The highest BCUT2D eigenvalue weighted by Gasteiger charge is 2.18. The summed E-state index contributed by atoms with van der Waals surface area (Å²) in [5.41, 5.74) is 11.4. The Hall–Kier alpha value is -7.69. The maximum absolute atomic E-state index is 6.51. The summed E-state index contributed by atoms with van der Waals surface area (Å²) in [6.07, 6.45) is 0. The van der Waals surface area contributed by atoms with E-state index in [1.807, 2.05) is 36.4 Å². The number of nitrogens with zero attached hydrogens (tertiary/aromatic N) is 3. The first-order valence-corrected chi connectivity index (χ1v) is 19.2. The lowest BCUT2D eigenvalue weighted by Gasteiger charge is -2.13. The van der Waals surface area contributed by atoms with Gasteiger partial charge in [-0.25, -0.2) is 15.0 Å². The molecule has 2 aromatic heterocycles. The summed E-state index contributed by atoms with van der Waals surface area (Å²) in [7, 11) is 0. The number of benzene rings is 9. The van der Waals surface area contributed by atoms with Crippen molar-refractivity contribution in [2.45, 2.75) is 0 Å². The minimum absolute atomic E-state index is 0.626. The fraction of sp³-hybridized carbons (Fsp3) is 0. The topological polar surface area (TPSA) is 51.8 Å². The first-order chi connectivity index (χ1) is 28.2. The van der Waals surface area contributed by atoms with E-state index in [1.54, 1.807) is 0 Å². The molecule has 0 spiro atoms. The van der Waals surface area contributed by atoms with Gasteiger partial charge in [0.2, 0.25) is 0 Å². The number of hydrogen-bond donors (Lipinski definition) is 0. The smallest absolute Gasteiger partial charge is 0.164 e. The van der Waals surface area contributed by atoms with Crippen molar-refractivity contribution in [2.75, 3.05) is 0 Å². The third-order valence-electron chi connectivity index (χ3n) is 10.9. The molecule has 0 N–H and O–H groups in total. The summed E-state index contributed by atoms with van der Waals surface area (Å²) in [6.45, 7) is 0. The van der Waals surface area contributed by atoms with Gasteiger partial charge in [0.1, 0.15) is 11.2 Å². The van der Waals surface area contributed by atoms with Crippen molar-refractivity contribution in [1.29, 1.82) is 0 Å². The van der Waals surface area contributed by atoms with Crippen LogP contribution in [0.25, 0.3) is 111 Å². The molecule has 0 bridgehead atoms. The number of rotatable bonds is 6. The van der Waals surface area contributed by atoms with Gasteiger partial charge in [-0.15, -0.1) is 0 Å². The molecule has 11 aromatic rings. The molecule has 0 aliphatic carbocycles. The summed E-state index contributed by atoms with van der Waals surface area (Å²) in [4.78, 5) is 15.3. The zero-order chi connectivity index (χ0) is 37.7. The van der Waals surface area contributed by atoms with Crippen LogP contribution in [-0.2, 0) is 0 Å². The lowest BCUT2D eigenvalue weighted by Crippen LogP contribution is -2.00. The van der Waals surface area contributed by atoms with E-state index in [4.69, 9.17) is 19.4 Å². The van der Waals surface area contributed by atoms with E-state index in [1.165, 1.54) is 27.5 Å². The number of furan rings is 1. The van der Waals surface area contributed by atoms with E-state index in [-0.39, 0.29) is 0 Å². The number of aromatic nitrogens is 3. The Balaban J connectivity index is 1.01. The Bertz CT molecular complexity index is 3280. The monoisotopic (exact) mass is 727 g/mol. The van der Waals surface area contributed by atoms with Crippen LogP contribution >= 0.6 is 0 Å². The highest BCUT2D eigenvalue weighted by atomic mass is 16.3. The summed E-state index contributed by atoms with van der Waals surface area (Å²) >= 11 is 0. The third kappa shape index (κ3) is 5.83. The van der Waals surface area contributed by atoms with Crippen molar-refractivity contribution in [3.63, 3.8) is 0 Å². The highest BCUT2D eigenvalue weighted by Crippen LogP contribution is 2.40. The zero-order valence-corrected chi connectivity index (χ0v) is 30.8. The summed E-state index contributed by atoms with van der Waals surface area (Å²) in [5.74, 6) is 1.89. The Morgan fingerprint density at radius 2 is 0.842 bits per heavy atom. The zero-order valence-electron chi connectivity index (χ0n) is 30.8. The molecule has 0 saturated heterocycles. The standard InChI is InChI=1S/C53H33N3O/c1-3-13-36(14-4-1)43-19-11-23-48-50(43)47-31-30-41(33-49(47)57-48)42-18-9-21-45-44(42)20-10-22-46(45)53-55-51(37-15-5-2-6-16-37)54-52(56-53)38-27-24-35(25-28-38)40-29-26-34-12-7-8-17-39(34)32-40/h1-33H. The van der Waals surface area contributed by atoms with E-state index < -0.39 is 0 Å². The molecule has 0 fully saturated rings. The van der Waals surface area contributed by atoms with Gasteiger partial charge in [0.15, 0.2) is 17.5 Å². The van der Waals surface area contributed by atoms with E-state index in [9.17, 15) is 0 Å². The number of hydrogen-bond acceptors (Lipinski definition) is 4. The molecule has 9 aromatic carbocycles. The number of fused-ring (bicyclic) bond motifs is 5. The molecule has 4 nitrogen and oxygen atoms in total. The van der Waals surface area contributed by atoms with Crippen LogP contribution in [0.2, 0.25) is 0 Å². The molecular weight excluding hydrogens is 695 g/mol. The second kappa shape index (κ2) is 13.6. The fourth-order valence-corrected chi connectivity index (χ4v) is 8.13. The molecular formula is C53H33N3O. The van der Waals surface area contributed by atoms with Crippen LogP contribution in [0.1, 0.15) is 0 Å². The van der Waals surface area contributed by atoms with Gasteiger partial charge in [-0.3, -0.25) is 0 Å². The van der Waals surface area contributed by atoms with Crippen molar-refractivity contribution in [3.05, 3.63) is 200 Å². The van der Waals surface area contributed by atoms with Crippen molar-refractivity contribution in [2.24, 2.45) is 0 Å². The largest absolute Gasteiger partial charge is 0.456 e. The van der Waals surface area contributed by atoms with Crippen LogP contribution in [0.15, 0.2) is 205 Å². The molecule has 4 heteroatoms. The Morgan fingerprint density at radius 1 is 0.281 bits per heavy atom. The maximum Gasteiger partial charge on any atom is 0.164 e. The molecule has 0 unspecified atom stereocenters. The predicted octanol–water partition coefficient (Wildman–Crippen LogP) is 14.1. The van der Waals surface area contributed by atoms with Crippen molar-refractivity contribution in [3.8, 4) is 67.5 Å². The third-order valence-corrected chi connectivity index (χ3v) is 10.9. The van der Waals surface area contributed by atoms with Gasteiger partial charge in [0.25, 0.3) is 0 Å². The van der Waals surface area contributed by atoms with Crippen LogP contribution in [0, 0.1) is 0 Å². The SMILES string of the molecule is c1ccc(-c2nc(-c3ccc(-c4ccc5ccccc5c4)cc3)nc(-c3cccc4c(-c5ccc6c(c5)oc5cccc(-c7ccccc7)c56)cccc34)n2)cc1. The van der Waals surface area contributed by atoms with Gasteiger partial charge in [0, 0.05) is 27.5 Å². The molecule has 0 saturated carbocycles. The van der Waals surface area contributed by atoms with E-state index in [2.05, 4.69) is 164 Å². The molecule has 0 radical (unpaired) electrons. The van der Waals surface area contributed by atoms with Crippen molar-refractivity contribution < 1.29 is 4.42 Å². The summed E-state index contributed by atoms with van der Waals surface area (Å²) in [6, 6.07) is 69.9. The second-order valence-corrected chi connectivity index (χ2v) is 14.4. The average molecular weight is 728 g/mol. The molecule has 2 heterocycles. The quantitative estimate of drug-likeness (QED) is 0.171. The van der Waals surface area contributed by atoms with Crippen LogP contribution in [0.3, 0.4) is 0 Å². The van der Waals surface area contributed by atoms with Gasteiger partial charge in [-0.1, -0.05) is 176 Å². The Kier molecular flexibility index (Phi) is 7.78. The van der Waals surface area contributed by atoms with E-state index in [0.717, 1.165) is 66.1 Å². The molecule has 57 heavy (non-hydrogen) atoms. The van der Waals surface area contributed by atoms with E-state index in [0.29, 0.717) is 17.5 Å². The minimum Gasteiger partial charge on any atom is -0.456 e. The van der Waals surface area contributed by atoms with Crippen LogP contribution in [0.5, 0.6) is 0 Å². The molecule has 11 rings (SSSR count). The normalized spacial score (nSPS) is 11.5. The van der Waals surface area contributed by atoms with Crippen molar-refractivity contribution >= 4 is 43.5 Å². The Morgan fingerprint density at radius 3 is 1.61 bits per heavy atom. The first kappa shape index (κ1) is 32.7. The lowest BCUT2D eigenvalue weighted by molar-refractivity contribution is 0.669. The van der Waals surface area contributed by atoms with Crippen LogP contribution in [0.4, 0.5) is 0 Å². The highest BCUT2D eigenvalue weighted by molar-refractivity contribution is 6.13. The molecule has 0 atom stereocenters.